The van der Waals surface area contributed by atoms with Crippen LogP contribution in [0.5, 0.6) is 11.5 Å². The van der Waals surface area contributed by atoms with Crippen molar-refractivity contribution in [1.29, 1.82) is 0 Å². The van der Waals surface area contributed by atoms with Crippen molar-refractivity contribution >= 4 is 11.9 Å². The monoisotopic (exact) mass is 236 g/mol. The Bertz CT molecular complexity index is 398. The van der Waals surface area contributed by atoms with E-state index in [4.69, 9.17) is 9.47 Å². The largest absolute Gasteiger partial charge is 0.423 e. The van der Waals surface area contributed by atoms with Crippen LogP contribution in [0.25, 0.3) is 0 Å². The summed E-state index contributed by atoms with van der Waals surface area (Å²) in [4.78, 5) is 22.3. The zero-order valence-electron chi connectivity index (χ0n) is 10.1. The molecule has 0 saturated carbocycles. The van der Waals surface area contributed by atoms with Crippen molar-refractivity contribution in [3.63, 3.8) is 0 Å². The highest BCUT2D eigenvalue weighted by Crippen LogP contribution is 2.26. The van der Waals surface area contributed by atoms with E-state index >= 15 is 0 Å². The maximum Gasteiger partial charge on any atom is 0.311 e. The molecule has 4 heteroatoms. The lowest BCUT2D eigenvalue weighted by Gasteiger charge is -2.08. The van der Waals surface area contributed by atoms with Gasteiger partial charge in [0.25, 0.3) is 0 Å². The Labute approximate surface area is 101 Å². The Balaban J connectivity index is 2.69. The minimum atomic E-state index is -0.443. The molecule has 1 aromatic carbocycles. The van der Waals surface area contributed by atoms with Crippen molar-refractivity contribution in [2.24, 2.45) is 0 Å². The number of unbranched alkanes of at least 4 members (excludes halogenated alkanes) is 1. The predicted molar refractivity (Wildman–Crippen MR) is 62.9 cm³/mol. The fourth-order valence-corrected chi connectivity index (χ4v) is 1.27. The van der Waals surface area contributed by atoms with Crippen LogP contribution in [-0.2, 0) is 9.59 Å². The van der Waals surface area contributed by atoms with E-state index in [9.17, 15) is 9.59 Å². The van der Waals surface area contributed by atoms with Gasteiger partial charge in [-0.3, -0.25) is 9.59 Å². The Morgan fingerprint density at radius 3 is 2.24 bits per heavy atom. The predicted octanol–water partition coefficient (Wildman–Crippen LogP) is 2.71. The third-order valence-electron chi connectivity index (χ3n) is 2.06. The zero-order chi connectivity index (χ0) is 12.7. The minimum Gasteiger partial charge on any atom is -0.423 e. The Hall–Kier alpha value is -1.84. The van der Waals surface area contributed by atoms with Gasteiger partial charge >= 0.3 is 11.9 Å². The molecule has 17 heavy (non-hydrogen) atoms. The summed E-state index contributed by atoms with van der Waals surface area (Å²) in [5.41, 5.74) is 0. The van der Waals surface area contributed by atoms with E-state index in [1.165, 1.54) is 6.92 Å². The van der Waals surface area contributed by atoms with E-state index < -0.39 is 5.97 Å². The van der Waals surface area contributed by atoms with Crippen molar-refractivity contribution in [3.05, 3.63) is 24.3 Å². The Kier molecular flexibility index (Phi) is 5.20. The maximum absolute atomic E-state index is 11.4. The molecule has 1 aromatic rings. The SMILES string of the molecule is CCCCC(=O)Oc1ccccc1OC(C)=O. The van der Waals surface area contributed by atoms with Crippen molar-refractivity contribution < 1.29 is 19.1 Å². The first kappa shape index (κ1) is 13.2. The van der Waals surface area contributed by atoms with Crippen molar-refractivity contribution in [1.82, 2.24) is 0 Å². The number of rotatable bonds is 5. The molecule has 0 heterocycles. The summed E-state index contributed by atoms with van der Waals surface area (Å²) in [6, 6.07) is 6.61. The second-order valence-corrected chi connectivity index (χ2v) is 3.62. The second kappa shape index (κ2) is 6.68. The first-order valence-electron chi connectivity index (χ1n) is 5.61. The van der Waals surface area contributed by atoms with Crippen LogP contribution in [0.4, 0.5) is 0 Å². The van der Waals surface area contributed by atoms with E-state index in [1.807, 2.05) is 6.92 Å². The van der Waals surface area contributed by atoms with Crippen LogP contribution in [0.1, 0.15) is 33.1 Å². The third kappa shape index (κ3) is 4.68. The van der Waals surface area contributed by atoms with Crippen molar-refractivity contribution in [2.75, 3.05) is 0 Å². The Morgan fingerprint density at radius 2 is 1.71 bits per heavy atom. The summed E-state index contributed by atoms with van der Waals surface area (Å²) in [6.45, 7) is 3.30. The Morgan fingerprint density at radius 1 is 1.12 bits per heavy atom. The standard InChI is InChI=1S/C13H16O4/c1-3-4-9-13(15)17-12-8-6-5-7-11(12)16-10(2)14/h5-8H,3-4,9H2,1-2H3. The summed E-state index contributed by atoms with van der Waals surface area (Å²) in [5, 5.41) is 0. The molecule has 0 amide bonds. The highest BCUT2D eigenvalue weighted by molar-refractivity contribution is 5.75. The van der Waals surface area contributed by atoms with Crippen LogP contribution in [0, 0.1) is 0 Å². The molecule has 0 radical (unpaired) electrons. The molecule has 0 spiro atoms. The van der Waals surface area contributed by atoms with Gasteiger partial charge in [-0.05, 0) is 18.6 Å². The van der Waals surface area contributed by atoms with Gasteiger partial charge in [0.15, 0.2) is 11.5 Å². The van der Waals surface area contributed by atoms with E-state index in [0.29, 0.717) is 6.42 Å². The van der Waals surface area contributed by atoms with E-state index in [-0.39, 0.29) is 17.5 Å². The number of para-hydroxylation sites is 2. The number of carbonyl (C=O) groups is 2. The number of ether oxygens (including phenoxy) is 2. The van der Waals surface area contributed by atoms with Crippen LogP contribution >= 0.6 is 0 Å². The average molecular weight is 236 g/mol. The molecule has 0 saturated heterocycles. The molecule has 0 aromatic heterocycles. The molecule has 0 bridgehead atoms. The van der Waals surface area contributed by atoms with Gasteiger partial charge < -0.3 is 9.47 Å². The maximum atomic E-state index is 11.4. The fourth-order valence-electron chi connectivity index (χ4n) is 1.27. The molecular formula is C13H16O4. The lowest BCUT2D eigenvalue weighted by Crippen LogP contribution is -2.10. The van der Waals surface area contributed by atoms with Crippen LogP contribution in [0.3, 0.4) is 0 Å². The normalized spacial score (nSPS) is 9.76. The van der Waals surface area contributed by atoms with Crippen LogP contribution in [0.2, 0.25) is 0 Å². The molecule has 0 unspecified atom stereocenters. The number of esters is 2. The molecule has 92 valence electrons. The molecule has 4 nitrogen and oxygen atoms in total. The molecule has 0 aliphatic rings. The smallest absolute Gasteiger partial charge is 0.311 e. The number of hydrogen-bond donors (Lipinski definition) is 0. The van der Waals surface area contributed by atoms with E-state index in [1.54, 1.807) is 24.3 Å². The van der Waals surface area contributed by atoms with Gasteiger partial charge in [0, 0.05) is 13.3 Å². The van der Waals surface area contributed by atoms with Crippen LogP contribution in [0.15, 0.2) is 24.3 Å². The quantitative estimate of drug-likeness (QED) is 0.582. The van der Waals surface area contributed by atoms with Gasteiger partial charge in [0.1, 0.15) is 0 Å². The molecule has 0 aliphatic heterocycles. The second-order valence-electron chi connectivity index (χ2n) is 3.62. The summed E-state index contributed by atoms with van der Waals surface area (Å²) in [7, 11) is 0. The van der Waals surface area contributed by atoms with Crippen LogP contribution < -0.4 is 9.47 Å². The highest BCUT2D eigenvalue weighted by atomic mass is 16.6. The van der Waals surface area contributed by atoms with Gasteiger partial charge in [-0.25, -0.2) is 0 Å². The number of hydrogen-bond acceptors (Lipinski definition) is 4. The minimum absolute atomic E-state index is 0.268. The first-order chi connectivity index (χ1) is 8.13. The molecule has 0 atom stereocenters. The van der Waals surface area contributed by atoms with Gasteiger partial charge in [-0.2, -0.15) is 0 Å². The molecule has 0 fully saturated rings. The summed E-state index contributed by atoms with van der Waals surface area (Å²) in [5.74, 6) is -0.206. The van der Waals surface area contributed by atoms with Gasteiger partial charge in [-0.15, -0.1) is 0 Å². The molecular weight excluding hydrogens is 220 g/mol. The molecule has 0 aliphatic carbocycles. The van der Waals surface area contributed by atoms with Crippen LogP contribution in [-0.4, -0.2) is 11.9 Å². The lowest BCUT2D eigenvalue weighted by atomic mass is 10.2. The number of carbonyl (C=O) groups excluding carboxylic acids is 2. The highest BCUT2D eigenvalue weighted by Gasteiger charge is 2.10. The topological polar surface area (TPSA) is 52.6 Å². The average Bonchev–Trinajstić information content (AvgIpc) is 2.28. The van der Waals surface area contributed by atoms with Crippen molar-refractivity contribution in [2.45, 2.75) is 33.1 Å². The van der Waals surface area contributed by atoms with E-state index in [2.05, 4.69) is 0 Å². The van der Waals surface area contributed by atoms with E-state index in [0.717, 1.165) is 12.8 Å². The number of benzene rings is 1. The first-order valence-corrected chi connectivity index (χ1v) is 5.61. The molecule has 1 rings (SSSR count). The van der Waals surface area contributed by atoms with Crippen molar-refractivity contribution in [3.8, 4) is 11.5 Å². The third-order valence-corrected chi connectivity index (χ3v) is 2.06. The van der Waals surface area contributed by atoms with Gasteiger partial charge in [-0.1, -0.05) is 25.5 Å². The summed E-state index contributed by atoms with van der Waals surface area (Å²) < 4.78 is 10.1. The molecule has 0 N–H and O–H groups in total. The zero-order valence-corrected chi connectivity index (χ0v) is 10.1. The summed E-state index contributed by atoms with van der Waals surface area (Å²) in [6.07, 6.45) is 2.08. The lowest BCUT2D eigenvalue weighted by molar-refractivity contribution is -0.136. The van der Waals surface area contributed by atoms with Gasteiger partial charge in [0.2, 0.25) is 0 Å². The fraction of sp³-hybridized carbons (Fsp3) is 0.385. The summed E-state index contributed by atoms with van der Waals surface area (Å²) >= 11 is 0. The van der Waals surface area contributed by atoms with Gasteiger partial charge in [0.05, 0.1) is 0 Å².